The van der Waals surface area contributed by atoms with E-state index in [1.54, 1.807) is 6.20 Å². The van der Waals surface area contributed by atoms with Crippen LogP contribution in [0.5, 0.6) is 0 Å². The summed E-state index contributed by atoms with van der Waals surface area (Å²) in [5.74, 6) is 0. The fourth-order valence-electron chi connectivity index (χ4n) is 1.95. The first kappa shape index (κ1) is 20.2. The number of hydrogen-bond donors (Lipinski definition) is 3. The molecule has 25 heavy (non-hydrogen) atoms. The van der Waals surface area contributed by atoms with Crippen LogP contribution >= 0.6 is 0 Å². The van der Waals surface area contributed by atoms with Crippen LogP contribution in [0.15, 0.2) is 89.3 Å². The predicted octanol–water partition coefficient (Wildman–Crippen LogP) is 3.59. The third kappa shape index (κ3) is 9.13. The monoisotopic (exact) mass is 336 g/mol. The van der Waals surface area contributed by atoms with Crippen molar-refractivity contribution in [3.05, 3.63) is 95.5 Å². The zero-order valence-corrected chi connectivity index (χ0v) is 15.1. The van der Waals surface area contributed by atoms with E-state index in [1.807, 2.05) is 68.6 Å². The van der Waals surface area contributed by atoms with Crippen LogP contribution in [0.25, 0.3) is 0 Å². The van der Waals surface area contributed by atoms with E-state index >= 15 is 0 Å². The van der Waals surface area contributed by atoms with Gasteiger partial charge in [0.15, 0.2) is 0 Å². The van der Waals surface area contributed by atoms with E-state index in [-0.39, 0.29) is 0 Å². The van der Waals surface area contributed by atoms with Gasteiger partial charge in [-0.1, -0.05) is 60.7 Å². The number of nitrogens with one attached hydrogen (secondary N) is 2. The molecule has 4 heteroatoms. The van der Waals surface area contributed by atoms with Crippen molar-refractivity contribution in [2.45, 2.75) is 20.0 Å². The molecule has 0 atom stereocenters. The van der Waals surface area contributed by atoms with Crippen LogP contribution in [-0.4, -0.2) is 13.8 Å². The van der Waals surface area contributed by atoms with Crippen LogP contribution in [0.2, 0.25) is 0 Å². The second-order valence-corrected chi connectivity index (χ2v) is 5.37. The third-order valence-electron chi connectivity index (χ3n) is 3.41. The molecule has 2 aromatic carbocycles. The molecule has 0 aliphatic heterocycles. The number of benzene rings is 2. The van der Waals surface area contributed by atoms with Crippen LogP contribution in [0.4, 0.5) is 0 Å². The fourth-order valence-corrected chi connectivity index (χ4v) is 1.95. The Kier molecular flexibility index (Phi) is 10.1. The molecule has 4 nitrogen and oxygen atoms in total. The van der Waals surface area contributed by atoms with E-state index in [2.05, 4.69) is 34.5 Å². The van der Waals surface area contributed by atoms with Crippen molar-refractivity contribution in [3.63, 3.8) is 0 Å². The van der Waals surface area contributed by atoms with Crippen molar-refractivity contribution in [3.8, 4) is 0 Å². The standard InChI is InChI=1S/C14H19N3.C7H9N/c1-12(16-3)9-14(11-15-2)17-10-13-7-5-4-6-8-13;8-6-7-4-2-1-3-5-7/h4-9,11,16-17H,2,10H2,1,3H3;1-5H,6,8H2/b12-9-,14-11+;. The number of allylic oxidation sites excluding steroid dienone is 2. The summed E-state index contributed by atoms with van der Waals surface area (Å²) >= 11 is 0. The first-order chi connectivity index (χ1) is 12.2. The molecule has 0 aliphatic carbocycles. The lowest BCUT2D eigenvalue weighted by Crippen LogP contribution is -2.13. The van der Waals surface area contributed by atoms with Crippen molar-refractivity contribution >= 4 is 6.72 Å². The van der Waals surface area contributed by atoms with Crippen molar-refractivity contribution in [2.24, 2.45) is 10.7 Å². The minimum Gasteiger partial charge on any atom is -0.392 e. The molecule has 2 aromatic rings. The molecule has 0 heterocycles. The normalized spacial score (nSPS) is 11.2. The molecule has 2 rings (SSSR count). The SMILES string of the molecule is C=N/C=C(\C=C(\C)NC)NCc1ccccc1.NCc1ccccc1. The topological polar surface area (TPSA) is 62.4 Å². The maximum atomic E-state index is 5.35. The minimum atomic E-state index is 0.640. The van der Waals surface area contributed by atoms with Gasteiger partial charge in [-0.15, -0.1) is 0 Å². The lowest BCUT2D eigenvalue weighted by atomic mass is 10.2. The molecule has 0 fully saturated rings. The zero-order valence-electron chi connectivity index (χ0n) is 15.1. The summed E-state index contributed by atoms with van der Waals surface area (Å²) in [7, 11) is 1.89. The quantitative estimate of drug-likeness (QED) is 0.535. The first-order valence-corrected chi connectivity index (χ1v) is 8.23. The van der Waals surface area contributed by atoms with E-state index < -0.39 is 0 Å². The highest BCUT2D eigenvalue weighted by Crippen LogP contribution is 2.02. The Hall–Kier alpha value is -2.85. The molecule has 4 N–H and O–H groups in total. The average molecular weight is 336 g/mol. The number of nitrogens with two attached hydrogens (primary N) is 1. The fraction of sp³-hybridized carbons (Fsp3) is 0.190. The van der Waals surface area contributed by atoms with E-state index in [4.69, 9.17) is 5.73 Å². The summed E-state index contributed by atoms with van der Waals surface area (Å²) in [4.78, 5) is 3.79. The number of nitrogens with zero attached hydrogens (tertiary/aromatic N) is 1. The predicted molar refractivity (Wildman–Crippen MR) is 108 cm³/mol. The van der Waals surface area contributed by atoms with E-state index in [0.29, 0.717) is 6.54 Å². The van der Waals surface area contributed by atoms with E-state index in [1.165, 1.54) is 11.1 Å². The highest BCUT2D eigenvalue weighted by molar-refractivity contribution is 5.29. The molecule has 0 amide bonds. The molecule has 0 saturated heterocycles. The first-order valence-electron chi connectivity index (χ1n) is 8.23. The van der Waals surface area contributed by atoms with Crippen LogP contribution in [0, 0.1) is 0 Å². The van der Waals surface area contributed by atoms with Crippen molar-refractivity contribution in [1.29, 1.82) is 0 Å². The second kappa shape index (κ2) is 12.6. The number of hydrogen-bond acceptors (Lipinski definition) is 4. The summed E-state index contributed by atoms with van der Waals surface area (Å²) in [5.41, 5.74) is 9.78. The van der Waals surface area contributed by atoms with Gasteiger partial charge < -0.3 is 16.4 Å². The molecular weight excluding hydrogens is 308 g/mol. The van der Waals surface area contributed by atoms with Gasteiger partial charge in [-0.2, -0.15) is 0 Å². The van der Waals surface area contributed by atoms with Gasteiger partial charge in [-0.3, -0.25) is 4.99 Å². The lowest BCUT2D eigenvalue weighted by molar-refractivity contribution is 0.823. The van der Waals surface area contributed by atoms with E-state index in [9.17, 15) is 0 Å². The molecule has 0 unspecified atom stereocenters. The van der Waals surface area contributed by atoms with Crippen molar-refractivity contribution in [2.75, 3.05) is 7.05 Å². The summed E-state index contributed by atoms with van der Waals surface area (Å²) in [6.07, 6.45) is 3.71. The highest BCUT2D eigenvalue weighted by atomic mass is 14.9. The third-order valence-corrected chi connectivity index (χ3v) is 3.41. The maximum Gasteiger partial charge on any atom is 0.0545 e. The lowest BCUT2D eigenvalue weighted by Gasteiger charge is -2.08. The van der Waals surface area contributed by atoms with Gasteiger partial charge in [-0.25, -0.2) is 0 Å². The number of rotatable bonds is 7. The molecule has 132 valence electrons. The van der Waals surface area contributed by atoms with Crippen LogP contribution in [0.1, 0.15) is 18.1 Å². The minimum absolute atomic E-state index is 0.640. The molecule has 0 bridgehead atoms. The Morgan fingerprint density at radius 2 is 1.60 bits per heavy atom. The van der Waals surface area contributed by atoms with Crippen LogP contribution in [-0.2, 0) is 13.1 Å². The summed E-state index contributed by atoms with van der Waals surface area (Å²) in [5, 5.41) is 6.38. The van der Waals surface area contributed by atoms with Gasteiger partial charge in [0.25, 0.3) is 0 Å². The van der Waals surface area contributed by atoms with Gasteiger partial charge in [0, 0.05) is 32.0 Å². The molecule has 0 aliphatic rings. The van der Waals surface area contributed by atoms with Crippen LogP contribution in [0.3, 0.4) is 0 Å². The summed E-state index contributed by atoms with van der Waals surface area (Å²) in [6.45, 7) is 6.89. The second-order valence-electron chi connectivity index (χ2n) is 5.37. The van der Waals surface area contributed by atoms with Gasteiger partial charge in [-0.05, 0) is 30.8 Å². The van der Waals surface area contributed by atoms with Crippen molar-refractivity contribution in [1.82, 2.24) is 10.6 Å². The van der Waals surface area contributed by atoms with Gasteiger partial charge >= 0.3 is 0 Å². The summed E-state index contributed by atoms with van der Waals surface area (Å²) in [6, 6.07) is 20.2. The molecule has 0 aromatic heterocycles. The largest absolute Gasteiger partial charge is 0.392 e. The van der Waals surface area contributed by atoms with Crippen LogP contribution < -0.4 is 16.4 Å². The Bertz CT molecular complexity index is 661. The Labute approximate surface area is 151 Å². The molecule has 0 spiro atoms. The smallest absolute Gasteiger partial charge is 0.0545 e. The van der Waals surface area contributed by atoms with Gasteiger partial charge in [0.1, 0.15) is 0 Å². The molecule has 0 saturated carbocycles. The van der Waals surface area contributed by atoms with E-state index in [0.717, 1.165) is 17.9 Å². The Morgan fingerprint density at radius 3 is 2.04 bits per heavy atom. The Balaban J connectivity index is 0.000000324. The zero-order chi connectivity index (χ0) is 18.3. The van der Waals surface area contributed by atoms with Gasteiger partial charge in [0.2, 0.25) is 0 Å². The van der Waals surface area contributed by atoms with Gasteiger partial charge in [0.05, 0.1) is 5.70 Å². The summed E-state index contributed by atoms with van der Waals surface area (Å²) < 4.78 is 0. The van der Waals surface area contributed by atoms with Crippen molar-refractivity contribution < 1.29 is 0 Å². The average Bonchev–Trinajstić information content (AvgIpc) is 2.68. The Morgan fingerprint density at radius 1 is 1.04 bits per heavy atom. The maximum absolute atomic E-state index is 5.35. The molecular formula is C21H28N4. The molecule has 0 radical (unpaired) electrons. The number of aliphatic imine (C=N–C) groups is 1. The highest BCUT2D eigenvalue weighted by Gasteiger charge is 1.94.